The van der Waals surface area contributed by atoms with Crippen molar-refractivity contribution < 1.29 is 29.5 Å². The third kappa shape index (κ3) is 13.5. The molecule has 4 unspecified atom stereocenters. The van der Waals surface area contributed by atoms with E-state index in [1.807, 2.05) is 6.92 Å². The molecular weight excluding hydrogens is 568 g/mol. The van der Waals surface area contributed by atoms with Gasteiger partial charge >= 0.3 is 5.97 Å². The second-order valence-electron chi connectivity index (χ2n) is 9.79. The van der Waals surface area contributed by atoms with Crippen molar-refractivity contribution in [3.63, 3.8) is 0 Å². The highest BCUT2D eigenvalue weighted by molar-refractivity contribution is 9.10. The van der Waals surface area contributed by atoms with Gasteiger partial charge < -0.3 is 14.9 Å². The fourth-order valence-electron chi connectivity index (χ4n) is 3.98. The summed E-state index contributed by atoms with van der Waals surface area (Å²) in [6, 6.07) is 8.84. The van der Waals surface area contributed by atoms with Gasteiger partial charge in [-0.3, -0.25) is 4.79 Å². The molecule has 0 spiro atoms. The minimum absolute atomic E-state index is 0.0315. The van der Waals surface area contributed by atoms with Crippen LogP contribution in [0, 0.1) is 11.8 Å². The molecule has 0 aliphatic rings. The molecule has 0 saturated carbocycles. The highest BCUT2D eigenvalue weighted by atomic mass is 79.9. The zero-order chi connectivity index (χ0) is 25.6. The van der Waals surface area contributed by atoms with E-state index in [0.717, 1.165) is 32.1 Å². The molecule has 0 heterocycles. The molecule has 0 aliphatic heterocycles. The molecule has 6 nitrogen and oxygen atoms in total. The van der Waals surface area contributed by atoms with Crippen molar-refractivity contribution >= 4 is 37.8 Å². The van der Waals surface area contributed by atoms with E-state index in [1.54, 1.807) is 0 Å². The lowest BCUT2D eigenvalue weighted by Crippen LogP contribution is -2.33. The molecule has 0 fully saturated rings. The summed E-state index contributed by atoms with van der Waals surface area (Å²) in [6.07, 6.45) is 5.71. The maximum absolute atomic E-state index is 12.1. The summed E-state index contributed by atoms with van der Waals surface area (Å²) in [7, 11) is 0. The molecule has 4 atom stereocenters. The number of rotatable bonds is 18. The van der Waals surface area contributed by atoms with Crippen molar-refractivity contribution in [1.29, 1.82) is 0 Å². The first kappa shape index (κ1) is 31.5. The number of benzene rings is 1. The summed E-state index contributed by atoms with van der Waals surface area (Å²) in [5.41, 5.74) is 2.64. The molecular formula is C26H42Br2O6. The predicted octanol–water partition coefficient (Wildman–Crippen LogP) is 5.39. The normalized spacial score (nSPS) is 16.9. The Morgan fingerprint density at radius 2 is 1.38 bits per heavy atom. The molecule has 0 aromatic heterocycles. The Bertz CT molecular complexity index is 693. The molecule has 1 aromatic rings. The molecule has 0 saturated heterocycles. The Morgan fingerprint density at radius 3 is 1.88 bits per heavy atom. The first-order valence-electron chi connectivity index (χ1n) is 12.1. The number of hydrogen-bond acceptors (Lipinski definition) is 6. The topological polar surface area (TPSA) is 85.2 Å². The standard InChI is InChI=1S/C26H42Br2O6/c1-20(17-25(3,27)19-34-33-16-14-30)5-7-22-9-11-23(12-10-22)8-6-21(2)18-26(4,28)24(31)32-15-13-29/h9-12,20-21,29-30H,5-8,13-19H2,1-4H3. The van der Waals surface area contributed by atoms with Crippen LogP contribution in [-0.2, 0) is 32.1 Å². The fourth-order valence-corrected chi connectivity index (χ4v) is 5.29. The summed E-state index contributed by atoms with van der Waals surface area (Å²) >= 11 is 7.23. The van der Waals surface area contributed by atoms with Gasteiger partial charge in [0.2, 0.25) is 0 Å². The van der Waals surface area contributed by atoms with Gasteiger partial charge in [0.25, 0.3) is 0 Å². The van der Waals surface area contributed by atoms with E-state index in [4.69, 9.17) is 24.7 Å². The molecule has 34 heavy (non-hydrogen) atoms. The Morgan fingerprint density at radius 1 is 0.882 bits per heavy atom. The van der Waals surface area contributed by atoms with Crippen LogP contribution in [0.15, 0.2) is 24.3 Å². The number of esters is 1. The van der Waals surface area contributed by atoms with Crippen molar-refractivity contribution in [3.8, 4) is 0 Å². The molecule has 196 valence electrons. The molecule has 1 rings (SSSR count). The highest BCUT2D eigenvalue weighted by Gasteiger charge is 2.33. The average Bonchev–Trinajstić information content (AvgIpc) is 2.77. The zero-order valence-electron chi connectivity index (χ0n) is 21.0. The predicted molar refractivity (Wildman–Crippen MR) is 142 cm³/mol. The van der Waals surface area contributed by atoms with E-state index in [2.05, 4.69) is 76.9 Å². The number of aryl methyl sites for hydroxylation is 2. The number of aliphatic hydroxyl groups excluding tert-OH is 2. The lowest BCUT2D eigenvalue weighted by molar-refractivity contribution is -0.301. The minimum atomic E-state index is -0.730. The van der Waals surface area contributed by atoms with Crippen molar-refractivity contribution in [2.24, 2.45) is 11.8 Å². The first-order chi connectivity index (χ1) is 16.0. The number of ether oxygens (including phenoxy) is 1. The monoisotopic (exact) mass is 608 g/mol. The van der Waals surface area contributed by atoms with Crippen LogP contribution in [0.1, 0.15) is 64.5 Å². The Hall–Kier alpha value is -0.510. The number of hydrogen-bond donors (Lipinski definition) is 2. The van der Waals surface area contributed by atoms with Gasteiger partial charge in [0.05, 0.1) is 19.8 Å². The maximum Gasteiger partial charge on any atom is 0.322 e. The van der Waals surface area contributed by atoms with E-state index in [1.165, 1.54) is 11.1 Å². The lowest BCUT2D eigenvalue weighted by Gasteiger charge is -2.25. The Labute approximate surface area is 221 Å². The number of carbonyl (C=O) groups excluding carboxylic acids is 1. The van der Waals surface area contributed by atoms with Crippen LogP contribution >= 0.6 is 31.9 Å². The van der Waals surface area contributed by atoms with Gasteiger partial charge in [-0.1, -0.05) is 70.0 Å². The number of carbonyl (C=O) groups is 1. The lowest BCUT2D eigenvalue weighted by atomic mass is 9.90. The first-order valence-corrected chi connectivity index (χ1v) is 13.7. The SMILES string of the molecule is CC(CCc1ccc(CCC(C)CC(C)(Br)C(=O)OCCO)cc1)CC(C)(Br)COOCCO. The van der Waals surface area contributed by atoms with Crippen LogP contribution in [0.2, 0.25) is 0 Å². The van der Waals surface area contributed by atoms with Crippen LogP contribution in [0.5, 0.6) is 0 Å². The molecule has 2 N–H and O–H groups in total. The number of aliphatic hydroxyl groups is 2. The second kappa shape index (κ2) is 16.3. The Balaban J connectivity index is 2.39. The van der Waals surface area contributed by atoms with Crippen molar-refractivity contribution in [1.82, 2.24) is 0 Å². The summed E-state index contributed by atoms with van der Waals surface area (Å²) in [5.74, 6) is 0.548. The Kier molecular flexibility index (Phi) is 15.1. The number of alkyl halides is 2. The molecule has 8 heteroatoms. The van der Waals surface area contributed by atoms with Gasteiger partial charge in [-0.25, -0.2) is 9.78 Å². The maximum atomic E-state index is 12.1. The average molecular weight is 610 g/mol. The molecule has 0 aliphatic carbocycles. The minimum Gasteiger partial charge on any atom is -0.462 e. The van der Waals surface area contributed by atoms with Gasteiger partial charge in [0.1, 0.15) is 17.5 Å². The molecule has 0 radical (unpaired) electrons. The summed E-state index contributed by atoms with van der Waals surface area (Å²) in [6.45, 7) is 8.76. The third-order valence-electron chi connectivity index (χ3n) is 5.75. The van der Waals surface area contributed by atoms with Gasteiger partial charge in [-0.2, -0.15) is 0 Å². The van der Waals surface area contributed by atoms with Gasteiger partial charge in [0.15, 0.2) is 0 Å². The van der Waals surface area contributed by atoms with Gasteiger partial charge in [0, 0.05) is 4.32 Å². The van der Waals surface area contributed by atoms with Gasteiger partial charge in [-0.05, 0) is 75.3 Å². The quantitative estimate of drug-likeness (QED) is 0.0763. The number of halogens is 2. The summed E-state index contributed by atoms with van der Waals surface area (Å²) in [4.78, 5) is 22.2. The van der Waals surface area contributed by atoms with Crippen LogP contribution in [-0.4, -0.2) is 57.9 Å². The van der Waals surface area contributed by atoms with E-state index < -0.39 is 4.32 Å². The van der Waals surface area contributed by atoms with E-state index in [9.17, 15) is 4.79 Å². The summed E-state index contributed by atoms with van der Waals surface area (Å²) in [5, 5.41) is 17.6. The molecule has 1 aromatic carbocycles. The van der Waals surface area contributed by atoms with Crippen molar-refractivity contribution in [2.45, 2.75) is 74.9 Å². The van der Waals surface area contributed by atoms with Crippen LogP contribution in [0.3, 0.4) is 0 Å². The summed E-state index contributed by atoms with van der Waals surface area (Å²) < 4.78 is 4.17. The van der Waals surface area contributed by atoms with Crippen LogP contribution in [0.25, 0.3) is 0 Å². The van der Waals surface area contributed by atoms with E-state index >= 15 is 0 Å². The van der Waals surface area contributed by atoms with Gasteiger partial charge in [-0.15, -0.1) is 0 Å². The molecule has 0 bridgehead atoms. The van der Waals surface area contributed by atoms with Crippen LogP contribution in [0.4, 0.5) is 0 Å². The highest BCUT2D eigenvalue weighted by Crippen LogP contribution is 2.31. The van der Waals surface area contributed by atoms with E-state index in [0.29, 0.717) is 24.9 Å². The zero-order valence-corrected chi connectivity index (χ0v) is 24.2. The van der Waals surface area contributed by atoms with Crippen molar-refractivity contribution in [2.75, 3.05) is 33.0 Å². The van der Waals surface area contributed by atoms with Crippen LogP contribution < -0.4 is 0 Å². The van der Waals surface area contributed by atoms with E-state index in [-0.39, 0.29) is 36.7 Å². The smallest absolute Gasteiger partial charge is 0.322 e. The fraction of sp³-hybridized carbons (Fsp3) is 0.731. The van der Waals surface area contributed by atoms with Crippen molar-refractivity contribution in [3.05, 3.63) is 35.4 Å². The molecule has 0 amide bonds. The third-order valence-corrected chi connectivity index (χ3v) is 6.95. The second-order valence-corrected chi connectivity index (χ2v) is 13.5. The largest absolute Gasteiger partial charge is 0.462 e.